The van der Waals surface area contributed by atoms with Gasteiger partial charge in [-0.3, -0.25) is 14.6 Å². The van der Waals surface area contributed by atoms with Gasteiger partial charge in [-0.05, 0) is 43.4 Å². The summed E-state index contributed by atoms with van der Waals surface area (Å²) in [6.07, 6.45) is -6.09. The third kappa shape index (κ3) is 6.33. The number of hydrogen-bond acceptors (Lipinski definition) is 6. The highest BCUT2D eigenvalue weighted by molar-refractivity contribution is 5.86. The highest BCUT2D eigenvalue weighted by Gasteiger charge is 2.37. The molecule has 0 saturated heterocycles. The van der Waals surface area contributed by atoms with Crippen LogP contribution in [0.5, 0.6) is 5.75 Å². The Bertz CT molecular complexity index is 1700. The Morgan fingerprint density at radius 3 is 2.46 bits per heavy atom. The van der Waals surface area contributed by atoms with E-state index in [2.05, 4.69) is 15.4 Å². The zero-order chi connectivity index (χ0) is 30.1. The van der Waals surface area contributed by atoms with E-state index in [1.54, 1.807) is 12.0 Å². The van der Waals surface area contributed by atoms with Crippen LogP contribution in [0.25, 0.3) is 22.0 Å². The molecule has 0 aliphatic carbocycles. The Balaban J connectivity index is 1.51. The maximum absolute atomic E-state index is 15.0. The van der Waals surface area contributed by atoms with E-state index in [0.717, 1.165) is 25.4 Å². The molecular weight excluding hydrogens is 563 g/mol. The summed E-state index contributed by atoms with van der Waals surface area (Å²) < 4.78 is 100. The van der Waals surface area contributed by atoms with Crippen LogP contribution in [0, 0.1) is 5.82 Å². The predicted octanol–water partition coefficient (Wildman–Crippen LogP) is 5.61. The molecule has 0 fully saturated rings. The van der Waals surface area contributed by atoms with Crippen molar-refractivity contribution in [2.75, 3.05) is 12.4 Å². The molecule has 0 radical (unpaired) electrons. The first-order valence-electron chi connectivity index (χ1n) is 12.1. The second-order valence-electron chi connectivity index (χ2n) is 9.17. The van der Waals surface area contributed by atoms with Crippen LogP contribution in [0.4, 0.5) is 36.4 Å². The largest absolute Gasteiger partial charge is 0.496 e. The van der Waals surface area contributed by atoms with E-state index >= 15 is 4.39 Å². The van der Waals surface area contributed by atoms with Crippen molar-refractivity contribution in [1.82, 2.24) is 19.7 Å². The number of ether oxygens (including phenoxy) is 1. The van der Waals surface area contributed by atoms with E-state index in [0.29, 0.717) is 24.4 Å². The van der Waals surface area contributed by atoms with E-state index in [1.807, 2.05) is 0 Å². The molecule has 41 heavy (non-hydrogen) atoms. The van der Waals surface area contributed by atoms with Crippen LogP contribution in [0.3, 0.4) is 0 Å². The molecular formula is C26H22F7N5O3. The summed E-state index contributed by atoms with van der Waals surface area (Å²) >= 11 is 0. The van der Waals surface area contributed by atoms with Crippen molar-refractivity contribution in [3.63, 3.8) is 0 Å². The molecule has 0 saturated carbocycles. The number of H-pyrrole nitrogens is 1. The molecule has 1 aromatic carbocycles. The summed E-state index contributed by atoms with van der Waals surface area (Å²) in [6, 6.07) is 4.23. The van der Waals surface area contributed by atoms with Crippen molar-refractivity contribution < 1.29 is 35.5 Å². The van der Waals surface area contributed by atoms with E-state index < -0.39 is 57.9 Å². The zero-order valence-corrected chi connectivity index (χ0v) is 21.5. The van der Waals surface area contributed by atoms with Gasteiger partial charge in [-0.15, -0.1) is 0 Å². The van der Waals surface area contributed by atoms with Crippen LogP contribution < -0.4 is 21.2 Å². The minimum Gasteiger partial charge on any atom is -0.496 e. The van der Waals surface area contributed by atoms with Crippen molar-refractivity contribution in [3.8, 4) is 17.0 Å². The lowest BCUT2D eigenvalue weighted by Crippen LogP contribution is -2.27. The van der Waals surface area contributed by atoms with Crippen molar-refractivity contribution in [1.29, 1.82) is 0 Å². The number of pyridine rings is 2. The van der Waals surface area contributed by atoms with Gasteiger partial charge in [0.15, 0.2) is 0 Å². The highest BCUT2D eigenvalue weighted by Crippen LogP contribution is 2.38. The summed E-state index contributed by atoms with van der Waals surface area (Å²) in [7, 11) is 1.05. The number of anilines is 1. The van der Waals surface area contributed by atoms with Gasteiger partial charge in [0.25, 0.3) is 11.1 Å². The lowest BCUT2D eigenvalue weighted by atomic mass is 10.0. The number of benzene rings is 1. The minimum absolute atomic E-state index is 0.0169. The van der Waals surface area contributed by atoms with Gasteiger partial charge in [0, 0.05) is 36.6 Å². The van der Waals surface area contributed by atoms with Gasteiger partial charge in [0.05, 0.1) is 30.1 Å². The molecule has 1 atom stereocenters. The number of methoxy groups -OCH3 is 1. The fourth-order valence-electron chi connectivity index (χ4n) is 4.34. The van der Waals surface area contributed by atoms with E-state index in [-0.39, 0.29) is 23.2 Å². The lowest BCUT2D eigenvalue weighted by Gasteiger charge is -2.18. The van der Waals surface area contributed by atoms with Gasteiger partial charge in [-0.25, -0.2) is 9.49 Å². The quantitative estimate of drug-likeness (QED) is 0.261. The Hall–Kier alpha value is -4.43. The van der Waals surface area contributed by atoms with Crippen molar-refractivity contribution in [2.24, 2.45) is 0 Å². The maximum Gasteiger partial charge on any atom is 0.423 e. The molecule has 0 unspecified atom stereocenters. The van der Waals surface area contributed by atoms with E-state index in [1.165, 1.54) is 22.9 Å². The van der Waals surface area contributed by atoms with Crippen molar-refractivity contribution in [2.45, 2.75) is 44.7 Å². The molecule has 0 amide bonds. The average Bonchev–Trinajstić information content (AvgIpc) is 2.88. The van der Waals surface area contributed by atoms with Crippen LogP contribution in [0.15, 0.2) is 52.4 Å². The fraction of sp³-hybridized carbons (Fsp3) is 0.308. The van der Waals surface area contributed by atoms with Crippen LogP contribution in [0.2, 0.25) is 0 Å². The number of hydrogen-bond donors (Lipinski definition) is 2. The van der Waals surface area contributed by atoms with Crippen LogP contribution in [0.1, 0.15) is 30.9 Å². The number of aromatic nitrogens is 4. The Morgan fingerprint density at radius 2 is 1.80 bits per heavy atom. The predicted molar refractivity (Wildman–Crippen MR) is 135 cm³/mol. The number of aryl methyl sites for hydroxylation is 1. The third-order valence-electron chi connectivity index (χ3n) is 6.31. The van der Waals surface area contributed by atoms with Crippen LogP contribution in [-0.4, -0.2) is 32.9 Å². The maximum atomic E-state index is 15.0. The van der Waals surface area contributed by atoms with Crippen molar-refractivity contribution in [3.05, 3.63) is 80.5 Å². The Labute approximate surface area is 226 Å². The Morgan fingerprint density at radius 1 is 1.07 bits per heavy atom. The number of alkyl halides is 6. The fourth-order valence-corrected chi connectivity index (χ4v) is 4.34. The molecule has 3 heterocycles. The lowest BCUT2D eigenvalue weighted by molar-refractivity contribution is -0.139. The summed E-state index contributed by atoms with van der Waals surface area (Å²) in [6.45, 7) is 1.76. The summed E-state index contributed by atoms with van der Waals surface area (Å²) in [5.74, 6) is -1.42. The van der Waals surface area contributed by atoms with Gasteiger partial charge in [0.2, 0.25) is 0 Å². The van der Waals surface area contributed by atoms with Gasteiger partial charge in [-0.2, -0.15) is 31.4 Å². The summed E-state index contributed by atoms with van der Waals surface area (Å²) in [4.78, 5) is 28.3. The molecule has 4 rings (SSSR count). The Kier molecular flexibility index (Phi) is 8.08. The number of nitrogens with one attached hydrogen (secondary N) is 2. The number of rotatable bonds is 8. The monoisotopic (exact) mass is 585 g/mol. The molecule has 0 aliphatic heterocycles. The van der Waals surface area contributed by atoms with Gasteiger partial charge in [-0.1, -0.05) is 0 Å². The third-order valence-corrected chi connectivity index (χ3v) is 6.31. The minimum atomic E-state index is -4.89. The molecule has 0 bridgehead atoms. The first-order chi connectivity index (χ1) is 19.2. The summed E-state index contributed by atoms with van der Waals surface area (Å²) in [5, 5.41) is 8.11. The van der Waals surface area contributed by atoms with E-state index in [4.69, 9.17) is 4.74 Å². The molecule has 2 N–H and O–H groups in total. The average molecular weight is 585 g/mol. The first kappa shape index (κ1) is 29.6. The molecule has 3 aromatic heterocycles. The van der Waals surface area contributed by atoms with E-state index in [9.17, 15) is 35.9 Å². The standard InChI is InChI=1S/C26H22F7N5O3/c1-13(36-20-12-35-37-23(39)22(20)26(31,32)33)4-3-6-38-7-5-14-8-16(18(27)9-15(14)24(38)40)19-10-21(41-2)17(11-34-19)25(28,29)30/h5,7-13H,3-4,6H2,1-2H3,(H2,36,37,39)/t13-/m0/s1. The molecule has 0 spiro atoms. The van der Waals surface area contributed by atoms with Gasteiger partial charge < -0.3 is 14.6 Å². The SMILES string of the molecule is COc1cc(-c2cc3ccn(CCC[C@H](C)Nc4cn[nH]c(=O)c4C(F)(F)F)c(=O)c3cc2F)ncc1C(F)(F)F. The van der Waals surface area contributed by atoms with Crippen molar-refractivity contribution >= 4 is 16.5 Å². The molecule has 8 nitrogen and oxygen atoms in total. The number of halogens is 7. The second-order valence-corrected chi connectivity index (χ2v) is 9.17. The zero-order valence-electron chi connectivity index (χ0n) is 21.5. The number of nitrogens with zero attached hydrogens (tertiary/aromatic N) is 3. The second kappa shape index (κ2) is 11.2. The number of aromatic amines is 1. The topological polar surface area (TPSA) is 102 Å². The van der Waals surface area contributed by atoms with Gasteiger partial charge in [0.1, 0.15) is 22.7 Å². The van der Waals surface area contributed by atoms with Crippen LogP contribution >= 0.6 is 0 Å². The van der Waals surface area contributed by atoms with Crippen LogP contribution in [-0.2, 0) is 18.9 Å². The smallest absolute Gasteiger partial charge is 0.423 e. The molecule has 15 heteroatoms. The molecule has 4 aromatic rings. The highest BCUT2D eigenvalue weighted by atomic mass is 19.4. The normalized spacial score (nSPS) is 12.9. The number of fused-ring (bicyclic) bond motifs is 1. The first-order valence-corrected chi connectivity index (χ1v) is 12.1. The summed E-state index contributed by atoms with van der Waals surface area (Å²) in [5.41, 5.74) is -5.14. The molecule has 218 valence electrons. The van der Waals surface area contributed by atoms with Gasteiger partial charge >= 0.3 is 12.4 Å². The molecule has 0 aliphatic rings.